The van der Waals surface area contributed by atoms with Crippen molar-refractivity contribution < 1.29 is 14.3 Å². The summed E-state index contributed by atoms with van der Waals surface area (Å²) < 4.78 is 10.6. The molecule has 6 nitrogen and oxygen atoms in total. The molecule has 1 aliphatic heterocycles. The monoisotopic (exact) mass is 375 g/mol. The molecule has 28 heavy (non-hydrogen) atoms. The van der Waals surface area contributed by atoms with Crippen LogP contribution in [0.25, 0.3) is 0 Å². The number of fused-ring (bicyclic) bond motifs is 1. The summed E-state index contributed by atoms with van der Waals surface area (Å²) in [5.74, 6) is 1.39. The Balaban J connectivity index is 1.51. The first-order valence-electron chi connectivity index (χ1n) is 9.13. The van der Waals surface area contributed by atoms with Crippen LogP contribution in [-0.4, -0.2) is 17.7 Å². The van der Waals surface area contributed by atoms with E-state index in [1.807, 2.05) is 24.3 Å². The van der Waals surface area contributed by atoms with Crippen LogP contribution >= 0.6 is 0 Å². The first-order valence-corrected chi connectivity index (χ1v) is 9.13. The van der Waals surface area contributed by atoms with Gasteiger partial charge in [0.25, 0.3) is 5.91 Å². The first-order chi connectivity index (χ1) is 13.6. The average Bonchev–Trinajstić information content (AvgIpc) is 3.16. The number of anilines is 3. The Hall–Kier alpha value is -3.54. The summed E-state index contributed by atoms with van der Waals surface area (Å²) in [5.41, 5.74) is 3.99. The number of amides is 1. The van der Waals surface area contributed by atoms with E-state index in [9.17, 15) is 4.79 Å². The summed E-state index contributed by atoms with van der Waals surface area (Å²) >= 11 is 0. The lowest BCUT2D eigenvalue weighted by Crippen LogP contribution is -2.13. The molecule has 142 valence electrons. The zero-order valence-electron chi connectivity index (χ0n) is 15.7. The summed E-state index contributed by atoms with van der Waals surface area (Å²) in [6.07, 6.45) is 1.62. The maximum absolute atomic E-state index is 12.6. The Morgan fingerprint density at radius 2 is 1.82 bits per heavy atom. The van der Waals surface area contributed by atoms with Gasteiger partial charge in [-0.2, -0.15) is 0 Å². The van der Waals surface area contributed by atoms with Crippen molar-refractivity contribution in [3.63, 3.8) is 0 Å². The van der Waals surface area contributed by atoms with Crippen LogP contribution in [0.5, 0.6) is 11.5 Å². The number of para-hydroxylation sites is 1. The van der Waals surface area contributed by atoms with Crippen molar-refractivity contribution in [3.05, 3.63) is 72.1 Å². The van der Waals surface area contributed by atoms with Gasteiger partial charge in [-0.05, 0) is 41.8 Å². The molecule has 2 heterocycles. The molecule has 0 spiro atoms. The SMILES string of the molecule is CC(C)c1ccccc1Nc1ccnc(C(=O)Nc2ccc3c(c2)OCO3)c1. The summed E-state index contributed by atoms with van der Waals surface area (Å²) in [7, 11) is 0. The minimum Gasteiger partial charge on any atom is -0.454 e. The number of ether oxygens (including phenoxy) is 2. The molecule has 1 aliphatic rings. The van der Waals surface area contributed by atoms with Crippen LogP contribution in [0.15, 0.2) is 60.8 Å². The van der Waals surface area contributed by atoms with E-state index in [1.54, 1.807) is 30.5 Å². The van der Waals surface area contributed by atoms with E-state index < -0.39 is 0 Å². The van der Waals surface area contributed by atoms with Gasteiger partial charge in [0.15, 0.2) is 11.5 Å². The van der Waals surface area contributed by atoms with Crippen molar-refractivity contribution in [3.8, 4) is 11.5 Å². The van der Waals surface area contributed by atoms with Gasteiger partial charge in [-0.1, -0.05) is 32.0 Å². The van der Waals surface area contributed by atoms with Gasteiger partial charge in [0, 0.05) is 29.3 Å². The predicted octanol–water partition coefficient (Wildman–Crippen LogP) is 4.93. The normalized spacial score (nSPS) is 12.1. The maximum atomic E-state index is 12.6. The van der Waals surface area contributed by atoms with Crippen molar-refractivity contribution in [2.75, 3.05) is 17.4 Å². The molecule has 0 fully saturated rings. The van der Waals surface area contributed by atoms with Crippen molar-refractivity contribution in [1.82, 2.24) is 4.98 Å². The number of pyridine rings is 1. The highest BCUT2D eigenvalue weighted by Gasteiger charge is 2.15. The number of rotatable bonds is 5. The largest absolute Gasteiger partial charge is 0.454 e. The highest BCUT2D eigenvalue weighted by molar-refractivity contribution is 6.03. The van der Waals surface area contributed by atoms with Crippen LogP contribution in [0.2, 0.25) is 0 Å². The molecular formula is C22H21N3O3. The number of hydrogen-bond donors (Lipinski definition) is 2. The Labute approximate surface area is 163 Å². The minimum absolute atomic E-state index is 0.194. The van der Waals surface area contributed by atoms with Crippen LogP contribution in [0.3, 0.4) is 0 Å². The van der Waals surface area contributed by atoms with Crippen LogP contribution in [-0.2, 0) is 0 Å². The van der Waals surface area contributed by atoms with Gasteiger partial charge in [-0.25, -0.2) is 0 Å². The summed E-state index contributed by atoms with van der Waals surface area (Å²) in [5, 5.41) is 6.23. The topological polar surface area (TPSA) is 72.5 Å². The van der Waals surface area contributed by atoms with E-state index in [1.165, 1.54) is 5.56 Å². The Bertz CT molecular complexity index is 1020. The van der Waals surface area contributed by atoms with Gasteiger partial charge in [-0.3, -0.25) is 9.78 Å². The van der Waals surface area contributed by atoms with Crippen molar-refractivity contribution in [2.24, 2.45) is 0 Å². The molecule has 0 aliphatic carbocycles. The molecule has 0 unspecified atom stereocenters. The second-order valence-electron chi connectivity index (χ2n) is 6.82. The van der Waals surface area contributed by atoms with Crippen LogP contribution in [0.4, 0.5) is 17.1 Å². The van der Waals surface area contributed by atoms with E-state index in [0.29, 0.717) is 28.8 Å². The predicted molar refractivity (Wildman–Crippen MR) is 109 cm³/mol. The fraction of sp³-hybridized carbons (Fsp3) is 0.182. The third kappa shape index (κ3) is 3.76. The van der Waals surface area contributed by atoms with Gasteiger partial charge < -0.3 is 20.1 Å². The van der Waals surface area contributed by atoms with Gasteiger partial charge in [-0.15, -0.1) is 0 Å². The van der Waals surface area contributed by atoms with E-state index in [4.69, 9.17) is 9.47 Å². The standard InChI is InChI=1S/C22H21N3O3/c1-14(2)17-5-3-4-6-18(17)24-16-9-10-23-19(11-16)22(26)25-15-7-8-20-21(12-15)28-13-27-20/h3-12,14H,13H2,1-2H3,(H,23,24)(H,25,26). The van der Waals surface area contributed by atoms with Gasteiger partial charge >= 0.3 is 0 Å². The molecule has 0 saturated carbocycles. The Morgan fingerprint density at radius 1 is 1.00 bits per heavy atom. The number of carbonyl (C=O) groups excluding carboxylic acids is 1. The van der Waals surface area contributed by atoms with E-state index in [-0.39, 0.29) is 12.7 Å². The average molecular weight is 375 g/mol. The lowest BCUT2D eigenvalue weighted by molar-refractivity contribution is 0.102. The molecule has 0 bridgehead atoms. The summed E-state index contributed by atoms with van der Waals surface area (Å²) in [6, 6.07) is 17.0. The second kappa shape index (κ2) is 7.60. The van der Waals surface area contributed by atoms with E-state index in [2.05, 4.69) is 35.5 Å². The minimum atomic E-state index is -0.292. The third-order valence-corrected chi connectivity index (χ3v) is 4.48. The van der Waals surface area contributed by atoms with Gasteiger partial charge in [0.1, 0.15) is 5.69 Å². The lowest BCUT2D eigenvalue weighted by Gasteiger charge is -2.15. The molecule has 6 heteroatoms. The quantitative estimate of drug-likeness (QED) is 0.661. The lowest BCUT2D eigenvalue weighted by atomic mass is 10.0. The molecule has 1 amide bonds. The van der Waals surface area contributed by atoms with E-state index >= 15 is 0 Å². The number of benzene rings is 2. The zero-order valence-corrected chi connectivity index (χ0v) is 15.7. The molecule has 0 atom stereocenters. The molecule has 3 aromatic rings. The molecule has 0 saturated heterocycles. The maximum Gasteiger partial charge on any atom is 0.274 e. The fourth-order valence-electron chi connectivity index (χ4n) is 3.07. The van der Waals surface area contributed by atoms with Crippen LogP contribution in [0.1, 0.15) is 35.8 Å². The summed E-state index contributed by atoms with van der Waals surface area (Å²) in [6.45, 7) is 4.49. The molecule has 1 aromatic heterocycles. The highest BCUT2D eigenvalue weighted by atomic mass is 16.7. The van der Waals surface area contributed by atoms with Crippen molar-refractivity contribution in [2.45, 2.75) is 19.8 Å². The van der Waals surface area contributed by atoms with Crippen molar-refractivity contribution >= 4 is 23.0 Å². The number of carbonyl (C=O) groups is 1. The third-order valence-electron chi connectivity index (χ3n) is 4.48. The molecule has 0 radical (unpaired) electrons. The summed E-state index contributed by atoms with van der Waals surface area (Å²) in [4.78, 5) is 16.8. The fourth-order valence-corrected chi connectivity index (χ4v) is 3.07. The molecule has 2 aromatic carbocycles. The highest BCUT2D eigenvalue weighted by Crippen LogP contribution is 2.34. The number of nitrogens with one attached hydrogen (secondary N) is 2. The number of hydrogen-bond acceptors (Lipinski definition) is 5. The Kier molecular flexibility index (Phi) is 4.85. The van der Waals surface area contributed by atoms with Crippen LogP contribution in [0, 0.1) is 0 Å². The van der Waals surface area contributed by atoms with E-state index in [0.717, 1.165) is 11.4 Å². The zero-order chi connectivity index (χ0) is 19.5. The van der Waals surface area contributed by atoms with Crippen LogP contribution < -0.4 is 20.1 Å². The van der Waals surface area contributed by atoms with Crippen molar-refractivity contribution in [1.29, 1.82) is 0 Å². The first kappa shape index (κ1) is 17.9. The second-order valence-corrected chi connectivity index (χ2v) is 6.82. The molecule has 4 rings (SSSR count). The molecular weight excluding hydrogens is 354 g/mol. The van der Waals surface area contributed by atoms with Gasteiger partial charge in [0.05, 0.1) is 0 Å². The number of aromatic nitrogens is 1. The Morgan fingerprint density at radius 3 is 2.68 bits per heavy atom. The van der Waals surface area contributed by atoms with Gasteiger partial charge in [0.2, 0.25) is 6.79 Å². The number of nitrogens with zero attached hydrogens (tertiary/aromatic N) is 1. The smallest absolute Gasteiger partial charge is 0.274 e. The molecule has 2 N–H and O–H groups in total.